The largest absolute Gasteiger partial charge is 0.306 e. The molecule has 0 aliphatic heterocycles. The first-order chi connectivity index (χ1) is 9.38. The Hall–Kier alpha value is -1.20. The molecule has 5 heteroatoms. The molecule has 1 aromatic heterocycles. The van der Waals surface area contributed by atoms with Gasteiger partial charge < -0.3 is 4.57 Å². The number of nitrogens with zero attached hydrogens (tertiary/aromatic N) is 1. The number of carbonyl (C=O) groups excluding carboxylic acids is 1. The van der Waals surface area contributed by atoms with E-state index >= 15 is 0 Å². The zero-order valence-electron chi connectivity index (χ0n) is 11.1. The lowest BCUT2D eigenvalue weighted by Gasteiger charge is -2.09. The van der Waals surface area contributed by atoms with Crippen LogP contribution in [0.5, 0.6) is 0 Å². The second-order valence-corrected chi connectivity index (χ2v) is 6.45. The molecule has 0 saturated heterocycles. The van der Waals surface area contributed by atoms with E-state index in [-0.39, 0.29) is 17.9 Å². The second kappa shape index (κ2) is 6.06. The van der Waals surface area contributed by atoms with Gasteiger partial charge in [-0.3, -0.25) is 9.59 Å². The van der Waals surface area contributed by atoms with E-state index in [1.807, 2.05) is 32.0 Å². The maximum Gasteiger partial charge on any atom is 0.265 e. The number of halogens is 2. The number of ketones is 1. The maximum absolute atomic E-state index is 12.3. The van der Waals surface area contributed by atoms with Crippen molar-refractivity contribution < 1.29 is 4.79 Å². The van der Waals surface area contributed by atoms with Gasteiger partial charge in [0.2, 0.25) is 0 Å². The predicted molar refractivity (Wildman–Crippen MR) is 86.3 cm³/mol. The van der Waals surface area contributed by atoms with E-state index in [1.165, 1.54) is 4.57 Å². The molecule has 0 spiro atoms. The average molecular weight is 399 g/mol. The SMILES string of the molecule is Cc1ccc(C(=O)Cn2cc(Br)cc(Br)c2=O)c(C)c1. The van der Waals surface area contributed by atoms with Crippen molar-refractivity contribution in [3.8, 4) is 0 Å². The lowest BCUT2D eigenvalue weighted by atomic mass is 10.0. The van der Waals surface area contributed by atoms with E-state index in [0.717, 1.165) is 15.6 Å². The van der Waals surface area contributed by atoms with Crippen LogP contribution in [0.2, 0.25) is 0 Å². The molecule has 0 radical (unpaired) electrons. The topological polar surface area (TPSA) is 39.1 Å². The highest BCUT2D eigenvalue weighted by molar-refractivity contribution is 9.11. The van der Waals surface area contributed by atoms with Crippen molar-refractivity contribution in [2.24, 2.45) is 0 Å². The summed E-state index contributed by atoms with van der Waals surface area (Å²) >= 11 is 6.51. The smallest absolute Gasteiger partial charge is 0.265 e. The second-order valence-electron chi connectivity index (χ2n) is 4.68. The number of pyridine rings is 1. The molecule has 104 valence electrons. The third-order valence-electron chi connectivity index (χ3n) is 3.01. The Labute approximate surface area is 133 Å². The van der Waals surface area contributed by atoms with Crippen LogP contribution in [0, 0.1) is 13.8 Å². The van der Waals surface area contributed by atoms with Gasteiger partial charge >= 0.3 is 0 Å². The molecule has 0 unspecified atom stereocenters. The van der Waals surface area contributed by atoms with E-state index in [4.69, 9.17) is 0 Å². The van der Waals surface area contributed by atoms with Crippen LogP contribution in [0.15, 0.2) is 44.2 Å². The zero-order chi connectivity index (χ0) is 14.9. The fourth-order valence-corrected chi connectivity index (χ4v) is 3.31. The predicted octanol–water partition coefficient (Wildman–Crippen LogP) is 3.87. The number of aryl methyl sites for hydroxylation is 2. The van der Waals surface area contributed by atoms with Crippen molar-refractivity contribution in [1.29, 1.82) is 0 Å². The lowest BCUT2D eigenvalue weighted by Crippen LogP contribution is -2.24. The van der Waals surface area contributed by atoms with E-state index in [2.05, 4.69) is 31.9 Å². The van der Waals surface area contributed by atoms with Gasteiger partial charge in [0, 0.05) is 16.2 Å². The highest BCUT2D eigenvalue weighted by atomic mass is 79.9. The van der Waals surface area contributed by atoms with E-state index in [1.54, 1.807) is 12.3 Å². The molecule has 0 N–H and O–H groups in total. The van der Waals surface area contributed by atoms with Crippen LogP contribution < -0.4 is 5.56 Å². The molecule has 1 heterocycles. The Morgan fingerprint density at radius 2 is 1.90 bits per heavy atom. The van der Waals surface area contributed by atoms with Crippen LogP contribution in [0.1, 0.15) is 21.5 Å². The van der Waals surface area contributed by atoms with Crippen molar-refractivity contribution in [2.45, 2.75) is 20.4 Å². The Balaban J connectivity index is 2.35. The van der Waals surface area contributed by atoms with Gasteiger partial charge in [-0.2, -0.15) is 0 Å². The fraction of sp³-hybridized carbons (Fsp3) is 0.200. The third-order valence-corrected chi connectivity index (χ3v) is 4.01. The standard InChI is InChI=1S/C15H13Br2NO2/c1-9-3-4-12(10(2)5-9)14(19)8-18-7-11(16)6-13(17)15(18)20/h3-7H,8H2,1-2H3. The molecule has 0 aliphatic carbocycles. The minimum absolute atomic E-state index is 0.0285. The number of aromatic nitrogens is 1. The Morgan fingerprint density at radius 1 is 1.20 bits per heavy atom. The van der Waals surface area contributed by atoms with Crippen molar-refractivity contribution in [3.63, 3.8) is 0 Å². The first kappa shape index (κ1) is 15.2. The minimum atomic E-state index is -0.216. The molecule has 0 atom stereocenters. The Morgan fingerprint density at radius 3 is 2.55 bits per heavy atom. The first-order valence-corrected chi connectivity index (χ1v) is 7.63. The molecular weight excluding hydrogens is 386 g/mol. The highest BCUT2D eigenvalue weighted by Crippen LogP contribution is 2.15. The zero-order valence-corrected chi connectivity index (χ0v) is 14.3. The summed E-state index contributed by atoms with van der Waals surface area (Å²) in [5.41, 5.74) is 2.48. The normalized spacial score (nSPS) is 10.6. The molecule has 3 nitrogen and oxygen atoms in total. The molecule has 1 aromatic carbocycles. The molecule has 0 aliphatic rings. The van der Waals surface area contributed by atoms with Gasteiger partial charge in [0.25, 0.3) is 5.56 Å². The van der Waals surface area contributed by atoms with Crippen molar-refractivity contribution in [3.05, 3.63) is 66.5 Å². The van der Waals surface area contributed by atoms with Crippen molar-refractivity contribution >= 4 is 37.6 Å². The number of benzene rings is 1. The minimum Gasteiger partial charge on any atom is -0.306 e. The average Bonchev–Trinajstić information content (AvgIpc) is 2.35. The summed E-state index contributed by atoms with van der Waals surface area (Å²) in [5, 5.41) is 0. The number of hydrogen-bond acceptors (Lipinski definition) is 2. The molecule has 20 heavy (non-hydrogen) atoms. The van der Waals surface area contributed by atoms with Crippen LogP contribution in [0.3, 0.4) is 0 Å². The van der Waals surface area contributed by atoms with Gasteiger partial charge in [0.1, 0.15) is 0 Å². The molecule has 0 fully saturated rings. The molecule has 0 amide bonds. The summed E-state index contributed by atoms with van der Waals surface area (Å²) in [6.45, 7) is 3.91. The fourth-order valence-electron chi connectivity index (χ4n) is 2.05. The summed E-state index contributed by atoms with van der Waals surface area (Å²) in [7, 11) is 0. The van der Waals surface area contributed by atoms with Gasteiger partial charge in [-0.25, -0.2) is 0 Å². The lowest BCUT2D eigenvalue weighted by molar-refractivity contribution is 0.0970. The van der Waals surface area contributed by atoms with Crippen LogP contribution in [-0.4, -0.2) is 10.4 Å². The first-order valence-electron chi connectivity index (χ1n) is 6.04. The van der Waals surface area contributed by atoms with Crippen LogP contribution in [-0.2, 0) is 6.54 Å². The monoisotopic (exact) mass is 397 g/mol. The van der Waals surface area contributed by atoms with E-state index < -0.39 is 0 Å². The summed E-state index contributed by atoms with van der Waals surface area (Å²) in [5.74, 6) is -0.0744. The molecule has 2 rings (SSSR count). The maximum atomic E-state index is 12.3. The summed E-state index contributed by atoms with van der Waals surface area (Å²) in [6, 6.07) is 7.35. The van der Waals surface area contributed by atoms with Gasteiger partial charge in [-0.05, 0) is 57.3 Å². The molecule has 0 saturated carbocycles. The Kier molecular flexibility index (Phi) is 4.60. The number of carbonyl (C=O) groups is 1. The molecule has 0 bridgehead atoms. The van der Waals surface area contributed by atoms with Crippen molar-refractivity contribution in [1.82, 2.24) is 4.57 Å². The Bertz CT molecular complexity index is 735. The van der Waals surface area contributed by atoms with Crippen LogP contribution >= 0.6 is 31.9 Å². The van der Waals surface area contributed by atoms with Crippen LogP contribution in [0.25, 0.3) is 0 Å². The van der Waals surface area contributed by atoms with Gasteiger partial charge in [0.15, 0.2) is 5.78 Å². The third kappa shape index (κ3) is 3.27. The number of Topliss-reactive ketones (excluding diaryl/α,β-unsaturated/α-hetero) is 1. The van der Waals surface area contributed by atoms with E-state index in [9.17, 15) is 9.59 Å². The quantitative estimate of drug-likeness (QED) is 0.736. The van der Waals surface area contributed by atoms with Gasteiger partial charge in [-0.15, -0.1) is 0 Å². The number of hydrogen-bond donors (Lipinski definition) is 0. The van der Waals surface area contributed by atoms with Crippen LogP contribution in [0.4, 0.5) is 0 Å². The van der Waals surface area contributed by atoms with Crippen molar-refractivity contribution in [2.75, 3.05) is 0 Å². The van der Waals surface area contributed by atoms with Gasteiger partial charge in [-0.1, -0.05) is 23.8 Å². The summed E-state index contributed by atoms with van der Waals surface area (Å²) < 4.78 is 2.58. The number of rotatable bonds is 3. The molecule has 2 aromatic rings. The summed E-state index contributed by atoms with van der Waals surface area (Å²) in [6.07, 6.45) is 1.62. The molecular formula is C15H13Br2NO2. The summed E-state index contributed by atoms with van der Waals surface area (Å²) in [4.78, 5) is 24.3. The highest BCUT2D eigenvalue weighted by Gasteiger charge is 2.12. The van der Waals surface area contributed by atoms with Gasteiger partial charge in [0.05, 0.1) is 11.0 Å². The van der Waals surface area contributed by atoms with E-state index in [0.29, 0.717) is 10.0 Å².